The summed E-state index contributed by atoms with van der Waals surface area (Å²) in [5.41, 5.74) is 24.0. The summed E-state index contributed by atoms with van der Waals surface area (Å²) < 4.78 is 26.9. The molecule has 0 saturated heterocycles. The molecule has 0 aliphatic carbocycles. The molecule has 0 spiro atoms. The van der Waals surface area contributed by atoms with Gasteiger partial charge in [0.15, 0.2) is 46.0 Å². The van der Waals surface area contributed by atoms with Crippen molar-refractivity contribution in [2.24, 2.45) is 0 Å². The van der Waals surface area contributed by atoms with Crippen LogP contribution in [0.2, 0.25) is 0 Å². The van der Waals surface area contributed by atoms with E-state index in [2.05, 4.69) is 350 Å². The van der Waals surface area contributed by atoms with Gasteiger partial charge in [-0.1, -0.05) is 291 Å². The molecule has 0 saturated carbocycles. The van der Waals surface area contributed by atoms with E-state index in [-0.39, 0.29) is 0 Å². The van der Waals surface area contributed by atoms with E-state index in [1.807, 2.05) is 36.4 Å². The van der Waals surface area contributed by atoms with Crippen LogP contribution in [0.1, 0.15) is 0 Å². The van der Waals surface area contributed by atoms with Gasteiger partial charge in [0.05, 0.1) is 22.7 Å². The molecule has 0 amide bonds. The molecule has 6 heteroatoms. The van der Waals surface area contributed by atoms with E-state index in [4.69, 9.17) is 18.9 Å². The van der Waals surface area contributed by atoms with Gasteiger partial charge in [0.25, 0.3) is 0 Å². The maximum Gasteiger partial charge on any atom is 0.156 e. The standard InChI is InChI=1S/2C50H31NO2/c1-2-12-32(13-3-1)35-26-27-44-46(29-35)53-48-31-38(30-47-50(48)51(44)43-20-10-11-21-45(43)52-47)40-17-9-8-16-39(40)33-22-24-34(25-23-33)49-41-18-6-4-14-36(41)28-37-15-5-7-19-42(37)49;1-2-12-32(13-3-1)35-26-27-45-47(29-35)53-49-31-37(30-48-50(49)51(45)44-20-10-11-21-46(44)52-48)40-17-7-6-15-38(40)33-22-24-34(25-23-33)43-28-36-14-4-5-16-39(36)41-18-8-9-19-42(41)43/h2*1-31H. The zero-order chi connectivity index (χ0) is 69.8. The van der Waals surface area contributed by atoms with Crippen LogP contribution in [-0.2, 0) is 0 Å². The van der Waals surface area contributed by atoms with E-state index in [0.717, 1.165) is 147 Å². The van der Waals surface area contributed by atoms with Crippen molar-refractivity contribution in [2.75, 3.05) is 9.80 Å². The van der Waals surface area contributed by atoms with Gasteiger partial charge < -0.3 is 18.9 Å². The molecule has 0 unspecified atom stereocenters. The van der Waals surface area contributed by atoms with Crippen LogP contribution in [0.25, 0.3) is 132 Å². The van der Waals surface area contributed by atoms with Crippen molar-refractivity contribution in [3.63, 3.8) is 0 Å². The topological polar surface area (TPSA) is 43.4 Å². The van der Waals surface area contributed by atoms with Gasteiger partial charge in [-0.05, 0) is 217 Å². The lowest BCUT2D eigenvalue weighted by atomic mass is 9.90. The first-order valence-electron chi connectivity index (χ1n) is 36.0. The van der Waals surface area contributed by atoms with Crippen LogP contribution in [0.3, 0.4) is 0 Å². The van der Waals surface area contributed by atoms with Crippen LogP contribution in [-0.4, -0.2) is 0 Å². The molecule has 22 rings (SSSR count). The lowest BCUT2D eigenvalue weighted by Gasteiger charge is -2.38. The lowest BCUT2D eigenvalue weighted by Crippen LogP contribution is -2.20. The van der Waals surface area contributed by atoms with E-state index >= 15 is 0 Å². The largest absolute Gasteiger partial charge is 0.453 e. The van der Waals surface area contributed by atoms with Crippen LogP contribution in [0.4, 0.5) is 34.1 Å². The zero-order valence-electron chi connectivity index (χ0n) is 57.3. The highest BCUT2D eigenvalue weighted by atomic mass is 16.5. The number of benzene rings is 18. The van der Waals surface area contributed by atoms with Gasteiger partial charge in [0.2, 0.25) is 0 Å². The van der Waals surface area contributed by atoms with Crippen LogP contribution >= 0.6 is 0 Å². The van der Waals surface area contributed by atoms with Gasteiger partial charge >= 0.3 is 0 Å². The molecule has 0 N–H and O–H groups in total. The Hall–Kier alpha value is -14.2. The number of nitrogens with zero attached hydrogens (tertiary/aromatic N) is 2. The van der Waals surface area contributed by atoms with Crippen LogP contribution in [0, 0.1) is 0 Å². The van der Waals surface area contributed by atoms with Crippen LogP contribution in [0.15, 0.2) is 376 Å². The molecule has 18 aromatic carbocycles. The summed E-state index contributed by atoms with van der Waals surface area (Å²) in [5, 5.41) is 10.1. The van der Waals surface area contributed by atoms with Gasteiger partial charge in [-0.25, -0.2) is 0 Å². The van der Waals surface area contributed by atoms with Crippen molar-refractivity contribution >= 4 is 77.2 Å². The summed E-state index contributed by atoms with van der Waals surface area (Å²) in [5.74, 6) is 6.30. The minimum atomic E-state index is 0.762. The highest BCUT2D eigenvalue weighted by Gasteiger charge is 2.38. The monoisotopic (exact) mass is 1350 g/mol. The molecule has 0 bridgehead atoms. The number of hydrogen-bond acceptors (Lipinski definition) is 6. The molecule has 6 nitrogen and oxygen atoms in total. The van der Waals surface area contributed by atoms with E-state index in [1.165, 1.54) is 65.3 Å². The van der Waals surface area contributed by atoms with Gasteiger partial charge in [-0.2, -0.15) is 0 Å². The molecule has 4 aliphatic rings. The Kier molecular flexibility index (Phi) is 14.2. The Balaban J connectivity index is 0.000000136. The Morgan fingerprint density at radius 2 is 0.472 bits per heavy atom. The number of rotatable bonds is 8. The first-order chi connectivity index (χ1) is 52.5. The first kappa shape index (κ1) is 60.6. The summed E-state index contributed by atoms with van der Waals surface area (Å²) in [4.78, 5) is 4.56. The van der Waals surface area contributed by atoms with E-state index in [0.29, 0.717) is 0 Å². The second-order valence-corrected chi connectivity index (χ2v) is 27.4. The fraction of sp³-hybridized carbons (Fsp3) is 0. The molecule has 0 atom stereocenters. The third kappa shape index (κ3) is 10.2. The van der Waals surface area contributed by atoms with Gasteiger partial charge in [-0.3, -0.25) is 9.80 Å². The quantitative estimate of drug-likeness (QED) is 0.112. The smallest absolute Gasteiger partial charge is 0.156 e. The van der Waals surface area contributed by atoms with Crippen LogP contribution in [0.5, 0.6) is 46.0 Å². The number of para-hydroxylation sites is 4. The minimum absolute atomic E-state index is 0.762. The number of anilines is 6. The summed E-state index contributed by atoms with van der Waals surface area (Å²) >= 11 is 0. The van der Waals surface area contributed by atoms with E-state index < -0.39 is 0 Å². The summed E-state index contributed by atoms with van der Waals surface area (Å²) in [6.07, 6.45) is 0. The second kappa shape index (κ2) is 24.8. The third-order valence-corrected chi connectivity index (χ3v) is 21.2. The Labute approximate surface area is 613 Å². The minimum Gasteiger partial charge on any atom is -0.453 e. The third-order valence-electron chi connectivity index (χ3n) is 21.2. The van der Waals surface area contributed by atoms with Gasteiger partial charge in [-0.15, -0.1) is 0 Å². The highest BCUT2D eigenvalue weighted by molar-refractivity contribution is 6.15. The van der Waals surface area contributed by atoms with Crippen molar-refractivity contribution in [2.45, 2.75) is 0 Å². The normalized spacial score (nSPS) is 12.4. The maximum atomic E-state index is 6.82. The van der Waals surface area contributed by atoms with Crippen LogP contribution < -0.4 is 28.7 Å². The molecule has 18 aromatic rings. The molecular formula is C100H62N2O4. The van der Waals surface area contributed by atoms with Crippen molar-refractivity contribution < 1.29 is 18.9 Å². The molecular weight excluding hydrogens is 1290 g/mol. The van der Waals surface area contributed by atoms with E-state index in [1.54, 1.807) is 0 Å². The van der Waals surface area contributed by atoms with Gasteiger partial charge in [0, 0.05) is 0 Å². The SMILES string of the molecule is c1ccc(-c2ccc3c(c2)Oc2cc(-c4ccccc4-c4ccc(-c5c6ccccc6cc6ccccc56)cc4)cc4c2N3c2ccccc2O4)cc1.c1ccc(-c2ccc3c(c2)Oc2cc(-c4ccccc4-c4ccc(-c5cc6ccccc6c6ccccc56)cc4)cc4c2N3c2ccccc2O4)cc1. The van der Waals surface area contributed by atoms with Crippen molar-refractivity contribution in [1.82, 2.24) is 0 Å². The van der Waals surface area contributed by atoms with E-state index in [9.17, 15) is 0 Å². The molecule has 106 heavy (non-hydrogen) atoms. The number of hydrogen-bond donors (Lipinski definition) is 0. The zero-order valence-corrected chi connectivity index (χ0v) is 57.3. The van der Waals surface area contributed by atoms with Gasteiger partial charge in [0.1, 0.15) is 11.4 Å². The predicted octanol–water partition coefficient (Wildman–Crippen LogP) is 28.7. The number of ether oxygens (including phenoxy) is 4. The Morgan fingerprint density at radius 1 is 0.160 bits per heavy atom. The molecule has 0 aromatic heterocycles. The number of fused-ring (bicyclic) bond motifs is 13. The average Bonchev–Trinajstić information content (AvgIpc) is 0.724. The molecule has 0 fully saturated rings. The highest BCUT2D eigenvalue weighted by Crippen LogP contribution is 2.63. The van der Waals surface area contributed by atoms with Crippen molar-refractivity contribution in [1.29, 1.82) is 0 Å². The molecule has 4 aliphatic heterocycles. The Morgan fingerprint density at radius 3 is 0.934 bits per heavy atom. The molecule has 4 heterocycles. The molecule has 496 valence electrons. The second-order valence-electron chi connectivity index (χ2n) is 27.4. The Bertz CT molecular complexity index is 6520. The fourth-order valence-corrected chi connectivity index (χ4v) is 16.3. The first-order valence-corrected chi connectivity index (χ1v) is 36.0. The average molecular weight is 1360 g/mol. The summed E-state index contributed by atoms with van der Waals surface area (Å²) in [7, 11) is 0. The summed E-state index contributed by atoms with van der Waals surface area (Å²) in [6, 6.07) is 133. The van der Waals surface area contributed by atoms with Crippen molar-refractivity contribution in [3.8, 4) is 135 Å². The maximum absolute atomic E-state index is 6.82. The summed E-state index contributed by atoms with van der Waals surface area (Å²) in [6.45, 7) is 0. The lowest BCUT2D eigenvalue weighted by molar-refractivity contribution is 0.446. The predicted molar refractivity (Wildman–Crippen MR) is 436 cm³/mol. The molecule has 0 radical (unpaired) electrons. The van der Waals surface area contributed by atoms with Crippen molar-refractivity contribution in [3.05, 3.63) is 376 Å². The fourth-order valence-electron chi connectivity index (χ4n) is 16.3.